The Hall–Kier alpha value is -0.513. The van der Waals surface area contributed by atoms with Gasteiger partial charge in [-0.1, -0.05) is 0 Å². The molecule has 0 aromatic rings. The van der Waals surface area contributed by atoms with Crippen LogP contribution < -0.4 is 0 Å². The van der Waals surface area contributed by atoms with Crippen molar-refractivity contribution in [3.63, 3.8) is 0 Å². The Bertz CT molecular complexity index is 97.0. The molecule has 3 nitrogen and oxygen atoms in total. The molecule has 0 N–H and O–H groups in total. The van der Waals surface area contributed by atoms with Gasteiger partial charge in [0.25, 0.3) is 0 Å². The summed E-state index contributed by atoms with van der Waals surface area (Å²) in [5.74, 6) is 0. The van der Waals surface area contributed by atoms with Gasteiger partial charge in [0.2, 0.25) is 0 Å². The number of ether oxygens (including phenoxy) is 1. The Kier molecular flexibility index (Phi) is 4.12. The maximum atomic E-state index is 10.7. The lowest BCUT2D eigenvalue weighted by molar-refractivity contribution is 0.121. The zero-order chi connectivity index (χ0) is 7.28. The van der Waals surface area contributed by atoms with E-state index in [4.69, 9.17) is 4.74 Å². The molecule has 0 aliphatic rings. The summed E-state index contributed by atoms with van der Waals surface area (Å²) in [7, 11) is 2.74. The number of rotatable bonds is 2. The smallest absolute Gasteiger partial charge is 0.409 e. The first-order valence-electron chi connectivity index (χ1n) is 3.10. The minimum absolute atomic E-state index is 0.215. The van der Waals surface area contributed by atoms with Gasteiger partial charge in [-0.15, -0.1) is 0 Å². The average molecular weight is 147 g/mol. The molecule has 0 rings (SSSR count). The Morgan fingerprint density at radius 3 is 2.67 bits per heavy atom. The number of carbonyl (C=O) groups is 1. The minimum Gasteiger partial charge on any atom is -0.450 e. The lowest BCUT2D eigenvalue weighted by atomic mass is 10.8. The standard InChI is InChI=1S/C5H13NO2Si/c1-3-8-5(7)6(2)4-9/h3-4H2,1-2,9H3. The molecule has 9 heavy (non-hydrogen) atoms. The zero-order valence-corrected chi connectivity index (χ0v) is 8.18. The summed E-state index contributed by atoms with van der Waals surface area (Å²) >= 11 is 0. The fourth-order valence-electron chi connectivity index (χ4n) is 0.363. The second kappa shape index (κ2) is 4.37. The van der Waals surface area contributed by atoms with E-state index in [1.807, 2.05) is 0 Å². The molecule has 0 atom stereocenters. The van der Waals surface area contributed by atoms with Crippen LogP contribution in [0, 0.1) is 0 Å². The normalized spacial score (nSPS) is 9.11. The molecule has 4 heteroatoms. The van der Waals surface area contributed by atoms with E-state index >= 15 is 0 Å². The quantitative estimate of drug-likeness (QED) is 0.488. The first-order chi connectivity index (χ1) is 4.22. The number of amides is 1. The highest BCUT2D eigenvalue weighted by Gasteiger charge is 2.03. The van der Waals surface area contributed by atoms with Crippen molar-refractivity contribution in [2.24, 2.45) is 0 Å². The molecule has 0 radical (unpaired) electrons. The van der Waals surface area contributed by atoms with Gasteiger partial charge in [-0.3, -0.25) is 0 Å². The Balaban J connectivity index is 3.46. The van der Waals surface area contributed by atoms with E-state index in [1.54, 1.807) is 18.9 Å². The molecule has 0 aromatic heterocycles. The Labute approximate surface area is 58.4 Å². The molecular weight excluding hydrogens is 134 g/mol. The molecule has 0 aromatic carbocycles. The summed E-state index contributed by atoms with van der Waals surface area (Å²) in [6.45, 7) is 2.27. The van der Waals surface area contributed by atoms with Crippen molar-refractivity contribution in [1.29, 1.82) is 0 Å². The molecule has 0 unspecified atom stereocenters. The van der Waals surface area contributed by atoms with E-state index in [0.29, 0.717) is 6.61 Å². The van der Waals surface area contributed by atoms with Gasteiger partial charge in [0.1, 0.15) is 0 Å². The summed E-state index contributed by atoms with van der Waals surface area (Å²) < 4.78 is 4.70. The minimum atomic E-state index is -0.215. The van der Waals surface area contributed by atoms with Gasteiger partial charge < -0.3 is 9.64 Å². The van der Waals surface area contributed by atoms with Crippen LogP contribution in [0.3, 0.4) is 0 Å². The zero-order valence-electron chi connectivity index (χ0n) is 6.18. The third-order valence-corrected chi connectivity index (χ3v) is 2.00. The summed E-state index contributed by atoms with van der Waals surface area (Å²) in [5.41, 5.74) is 0. The van der Waals surface area contributed by atoms with Crippen LogP contribution in [0.5, 0.6) is 0 Å². The van der Waals surface area contributed by atoms with E-state index in [1.165, 1.54) is 0 Å². The van der Waals surface area contributed by atoms with Crippen molar-refractivity contribution in [2.45, 2.75) is 6.92 Å². The summed E-state index contributed by atoms with van der Waals surface area (Å²) in [4.78, 5) is 12.3. The maximum absolute atomic E-state index is 10.7. The van der Waals surface area contributed by atoms with Crippen molar-refractivity contribution in [3.05, 3.63) is 0 Å². The number of nitrogens with zero attached hydrogens (tertiary/aromatic N) is 1. The molecule has 0 spiro atoms. The Morgan fingerprint density at radius 2 is 2.33 bits per heavy atom. The molecule has 54 valence electrons. The van der Waals surface area contributed by atoms with Crippen molar-refractivity contribution in [2.75, 3.05) is 19.8 Å². The van der Waals surface area contributed by atoms with Crippen LogP contribution in [-0.2, 0) is 4.74 Å². The predicted octanol–water partition coefficient (Wildman–Crippen LogP) is -0.602. The molecule has 0 aliphatic carbocycles. The van der Waals surface area contributed by atoms with Gasteiger partial charge in [-0.25, -0.2) is 4.79 Å². The molecule has 1 amide bonds. The summed E-state index contributed by atoms with van der Waals surface area (Å²) in [6, 6.07) is 0. The van der Waals surface area contributed by atoms with Crippen LogP contribution in [0.2, 0.25) is 0 Å². The maximum Gasteiger partial charge on any atom is 0.409 e. The van der Waals surface area contributed by atoms with Gasteiger partial charge in [-0.05, 0) is 6.92 Å². The summed E-state index contributed by atoms with van der Waals surface area (Å²) in [6.07, 6.45) is 0.617. The van der Waals surface area contributed by atoms with Crippen molar-refractivity contribution in [1.82, 2.24) is 4.90 Å². The van der Waals surface area contributed by atoms with E-state index in [2.05, 4.69) is 0 Å². The number of hydrogen-bond donors (Lipinski definition) is 0. The second-order valence-corrected chi connectivity index (χ2v) is 2.35. The average Bonchev–Trinajstić information content (AvgIpc) is 1.87. The third kappa shape index (κ3) is 3.13. The van der Waals surface area contributed by atoms with Crippen molar-refractivity contribution in [3.8, 4) is 0 Å². The van der Waals surface area contributed by atoms with Crippen LogP contribution >= 0.6 is 0 Å². The van der Waals surface area contributed by atoms with Crippen molar-refractivity contribution >= 4 is 16.3 Å². The van der Waals surface area contributed by atoms with E-state index in [9.17, 15) is 4.79 Å². The van der Waals surface area contributed by atoms with Gasteiger partial charge in [0, 0.05) is 23.5 Å². The molecule has 0 heterocycles. The number of carbonyl (C=O) groups excluding carboxylic acids is 1. The van der Waals surface area contributed by atoms with E-state index < -0.39 is 0 Å². The van der Waals surface area contributed by atoms with Gasteiger partial charge in [0.05, 0.1) is 6.61 Å². The molecule has 0 fully saturated rings. The molecule has 0 saturated heterocycles. The first-order valence-corrected chi connectivity index (χ1v) is 4.51. The monoisotopic (exact) mass is 147 g/mol. The summed E-state index contributed by atoms with van der Waals surface area (Å²) in [5, 5.41) is 0. The Morgan fingerprint density at radius 1 is 1.78 bits per heavy atom. The highest BCUT2D eigenvalue weighted by Crippen LogP contribution is 1.85. The van der Waals surface area contributed by atoms with E-state index in [0.717, 1.165) is 16.4 Å². The van der Waals surface area contributed by atoms with Crippen LogP contribution in [0.1, 0.15) is 6.92 Å². The third-order valence-electron chi connectivity index (χ3n) is 1.05. The van der Waals surface area contributed by atoms with Gasteiger partial charge in [0.15, 0.2) is 0 Å². The van der Waals surface area contributed by atoms with Crippen LogP contribution in [0.15, 0.2) is 0 Å². The molecule has 0 bridgehead atoms. The molecule has 0 aliphatic heterocycles. The lowest BCUT2D eigenvalue weighted by Crippen LogP contribution is -2.28. The van der Waals surface area contributed by atoms with Crippen molar-refractivity contribution < 1.29 is 9.53 Å². The first kappa shape index (κ1) is 8.49. The van der Waals surface area contributed by atoms with Crippen LogP contribution in [0.25, 0.3) is 0 Å². The fraction of sp³-hybridized carbons (Fsp3) is 0.800. The fourth-order valence-corrected chi connectivity index (χ4v) is 0.621. The van der Waals surface area contributed by atoms with Crippen LogP contribution in [-0.4, -0.2) is 41.1 Å². The molecule has 0 saturated carbocycles. The highest BCUT2D eigenvalue weighted by atomic mass is 28.1. The number of hydrogen-bond acceptors (Lipinski definition) is 2. The lowest BCUT2D eigenvalue weighted by Gasteiger charge is -2.12. The van der Waals surface area contributed by atoms with Crippen LogP contribution in [0.4, 0.5) is 4.79 Å². The van der Waals surface area contributed by atoms with E-state index in [-0.39, 0.29) is 6.09 Å². The largest absolute Gasteiger partial charge is 0.450 e. The van der Waals surface area contributed by atoms with Gasteiger partial charge >= 0.3 is 6.09 Å². The topological polar surface area (TPSA) is 29.5 Å². The molecular formula is C5H13NO2Si. The highest BCUT2D eigenvalue weighted by molar-refractivity contribution is 6.09. The second-order valence-electron chi connectivity index (χ2n) is 1.71. The predicted molar refractivity (Wildman–Crippen MR) is 39.6 cm³/mol. The van der Waals surface area contributed by atoms with Gasteiger partial charge in [-0.2, -0.15) is 0 Å². The SMILES string of the molecule is CCOC(=O)N(C)C[SiH3].